The van der Waals surface area contributed by atoms with E-state index in [4.69, 9.17) is 0 Å². The van der Waals surface area contributed by atoms with Crippen molar-refractivity contribution in [3.63, 3.8) is 0 Å². The number of amides is 1. The van der Waals surface area contributed by atoms with Crippen molar-refractivity contribution in [2.24, 2.45) is 5.41 Å². The number of nitrogens with zero attached hydrogens (tertiary/aromatic N) is 3. The lowest BCUT2D eigenvalue weighted by molar-refractivity contribution is -0.128. The van der Waals surface area contributed by atoms with Gasteiger partial charge in [-0.3, -0.25) is 4.79 Å². The molecule has 1 fully saturated rings. The van der Waals surface area contributed by atoms with Crippen molar-refractivity contribution in [2.45, 2.75) is 33.1 Å². The molecule has 110 valence electrons. The summed E-state index contributed by atoms with van der Waals surface area (Å²) in [4.78, 5) is 23.1. The number of hydrogen-bond donors (Lipinski definition) is 1. The Kier molecular flexibility index (Phi) is 4.62. The van der Waals surface area contributed by atoms with E-state index in [9.17, 15) is 4.79 Å². The standard InChI is InChI=1S/C14H21BrN4O/c1-4-5-11-17-10(15)8-12(18-11)19-7-6-14(2,9-19)13(20)16-3/h8H,4-7,9H2,1-3H3,(H,16,20). The quantitative estimate of drug-likeness (QED) is 0.853. The molecule has 5 nitrogen and oxygen atoms in total. The van der Waals surface area contributed by atoms with Crippen molar-refractivity contribution in [1.29, 1.82) is 0 Å². The normalized spacial score (nSPS) is 22.1. The van der Waals surface area contributed by atoms with E-state index in [1.165, 1.54) is 0 Å². The Balaban J connectivity index is 2.19. The van der Waals surface area contributed by atoms with Gasteiger partial charge in [-0.1, -0.05) is 6.92 Å². The molecular formula is C14H21BrN4O. The van der Waals surface area contributed by atoms with E-state index in [0.29, 0.717) is 6.54 Å². The van der Waals surface area contributed by atoms with Crippen molar-refractivity contribution in [1.82, 2.24) is 15.3 Å². The van der Waals surface area contributed by atoms with Gasteiger partial charge in [0.15, 0.2) is 0 Å². The number of hydrogen-bond acceptors (Lipinski definition) is 4. The smallest absolute Gasteiger partial charge is 0.227 e. The molecule has 1 aromatic rings. The number of aryl methyl sites for hydroxylation is 1. The van der Waals surface area contributed by atoms with E-state index < -0.39 is 0 Å². The fourth-order valence-corrected chi connectivity index (χ4v) is 3.00. The zero-order valence-electron chi connectivity index (χ0n) is 12.2. The number of nitrogens with one attached hydrogen (secondary N) is 1. The molecule has 0 bridgehead atoms. The third-order valence-electron chi connectivity index (χ3n) is 3.77. The molecule has 1 N–H and O–H groups in total. The topological polar surface area (TPSA) is 58.1 Å². The number of carbonyl (C=O) groups excluding carboxylic acids is 1. The van der Waals surface area contributed by atoms with Gasteiger partial charge >= 0.3 is 0 Å². The van der Waals surface area contributed by atoms with Gasteiger partial charge in [0.2, 0.25) is 5.91 Å². The predicted molar refractivity (Wildman–Crippen MR) is 82.7 cm³/mol. The van der Waals surface area contributed by atoms with Gasteiger partial charge in [0.25, 0.3) is 0 Å². The molecule has 1 unspecified atom stereocenters. The molecule has 0 aliphatic carbocycles. The highest BCUT2D eigenvalue weighted by molar-refractivity contribution is 9.10. The molecule has 0 saturated carbocycles. The number of rotatable bonds is 4. The molecule has 1 atom stereocenters. The SMILES string of the molecule is CCCc1nc(Br)cc(N2CCC(C)(C(=O)NC)C2)n1. The average Bonchev–Trinajstić information content (AvgIpc) is 2.81. The van der Waals surface area contributed by atoms with Gasteiger partial charge in [-0.15, -0.1) is 0 Å². The fourth-order valence-electron chi connectivity index (χ4n) is 2.59. The summed E-state index contributed by atoms with van der Waals surface area (Å²) in [5, 5.41) is 2.75. The molecule has 1 amide bonds. The van der Waals surface area contributed by atoms with Gasteiger partial charge < -0.3 is 10.2 Å². The van der Waals surface area contributed by atoms with E-state index in [2.05, 4.69) is 43.0 Å². The van der Waals surface area contributed by atoms with Crippen molar-refractivity contribution < 1.29 is 4.79 Å². The Morgan fingerprint density at radius 2 is 2.30 bits per heavy atom. The van der Waals surface area contributed by atoms with Crippen LogP contribution in [0.2, 0.25) is 0 Å². The van der Waals surface area contributed by atoms with Crippen LogP contribution in [0, 0.1) is 5.41 Å². The summed E-state index contributed by atoms with van der Waals surface area (Å²) < 4.78 is 0.805. The van der Waals surface area contributed by atoms with Crippen LogP contribution in [0.3, 0.4) is 0 Å². The molecule has 0 radical (unpaired) electrons. The molecule has 1 aliphatic heterocycles. The second kappa shape index (κ2) is 6.08. The van der Waals surface area contributed by atoms with Crippen LogP contribution in [0.5, 0.6) is 0 Å². The summed E-state index contributed by atoms with van der Waals surface area (Å²) in [6.07, 6.45) is 2.73. The third kappa shape index (κ3) is 3.11. The van der Waals surface area contributed by atoms with Crippen LogP contribution in [0.25, 0.3) is 0 Å². The maximum atomic E-state index is 12.0. The summed E-state index contributed by atoms with van der Waals surface area (Å²) in [6.45, 7) is 5.66. The highest BCUT2D eigenvalue weighted by Crippen LogP contribution is 2.33. The second-order valence-electron chi connectivity index (χ2n) is 5.53. The van der Waals surface area contributed by atoms with Gasteiger partial charge in [-0.2, -0.15) is 0 Å². The van der Waals surface area contributed by atoms with E-state index in [0.717, 1.165) is 42.1 Å². The molecule has 2 heterocycles. The Morgan fingerprint density at radius 1 is 1.55 bits per heavy atom. The van der Waals surface area contributed by atoms with Crippen molar-refractivity contribution in [3.8, 4) is 0 Å². The molecule has 2 rings (SSSR count). The molecule has 6 heteroatoms. The number of aromatic nitrogens is 2. The van der Waals surface area contributed by atoms with Crippen LogP contribution in [0.4, 0.5) is 5.82 Å². The molecular weight excluding hydrogens is 320 g/mol. The summed E-state index contributed by atoms with van der Waals surface area (Å²) in [5.74, 6) is 1.86. The molecule has 0 aromatic carbocycles. The van der Waals surface area contributed by atoms with Gasteiger partial charge in [-0.05, 0) is 35.7 Å². The Morgan fingerprint density at radius 3 is 2.95 bits per heavy atom. The van der Waals surface area contributed by atoms with E-state index in [1.54, 1.807) is 7.05 Å². The summed E-state index contributed by atoms with van der Waals surface area (Å²) >= 11 is 3.44. The van der Waals surface area contributed by atoms with Crippen molar-refractivity contribution >= 4 is 27.7 Å². The van der Waals surface area contributed by atoms with Crippen molar-refractivity contribution in [2.75, 3.05) is 25.0 Å². The maximum absolute atomic E-state index is 12.0. The number of halogens is 1. The van der Waals surface area contributed by atoms with Crippen LogP contribution >= 0.6 is 15.9 Å². The minimum atomic E-state index is -0.336. The first kappa shape index (κ1) is 15.2. The van der Waals surface area contributed by atoms with Gasteiger partial charge in [0, 0.05) is 32.6 Å². The van der Waals surface area contributed by atoms with Crippen LogP contribution in [-0.2, 0) is 11.2 Å². The van der Waals surface area contributed by atoms with Crippen LogP contribution in [-0.4, -0.2) is 36.0 Å². The first-order chi connectivity index (χ1) is 9.48. The van der Waals surface area contributed by atoms with Gasteiger partial charge in [0.1, 0.15) is 16.2 Å². The minimum Gasteiger partial charge on any atom is -0.359 e. The lowest BCUT2D eigenvalue weighted by Crippen LogP contribution is -2.39. The zero-order valence-corrected chi connectivity index (χ0v) is 13.8. The van der Waals surface area contributed by atoms with E-state index in [-0.39, 0.29) is 11.3 Å². The fraction of sp³-hybridized carbons (Fsp3) is 0.643. The molecule has 1 aliphatic rings. The highest BCUT2D eigenvalue weighted by atomic mass is 79.9. The zero-order chi connectivity index (χ0) is 14.8. The maximum Gasteiger partial charge on any atom is 0.227 e. The third-order valence-corrected chi connectivity index (χ3v) is 4.18. The minimum absolute atomic E-state index is 0.0990. The van der Waals surface area contributed by atoms with Crippen LogP contribution < -0.4 is 10.2 Å². The molecule has 0 spiro atoms. The highest BCUT2D eigenvalue weighted by Gasteiger charge is 2.40. The monoisotopic (exact) mass is 340 g/mol. The second-order valence-corrected chi connectivity index (χ2v) is 6.34. The van der Waals surface area contributed by atoms with Crippen molar-refractivity contribution in [3.05, 3.63) is 16.5 Å². The lowest BCUT2D eigenvalue weighted by atomic mass is 9.89. The average molecular weight is 341 g/mol. The Labute approximate surface area is 128 Å². The van der Waals surface area contributed by atoms with Gasteiger partial charge in [-0.25, -0.2) is 9.97 Å². The largest absolute Gasteiger partial charge is 0.359 e. The summed E-state index contributed by atoms with van der Waals surface area (Å²) in [7, 11) is 1.69. The Hall–Kier alpha value is -1.17. The van der Waals surface area contributed by atoms with Gasteiger partial charge in [0.05, 0.1) is 5.41 Å². The number of carbonyl (C=O) groups is 1. The molecule has 1 aromatic heterocycles. The predicted octanol–water partition coefficient (Wildman–Crippen LogP) is 2.15. The molecule has 1 saturated heterocycles. The first-order valence-electron chi connectivity index (χ1n) is 6.99. The van der Waals surface area contributed by atoms with E-state index in [1.807, 2.05) is 13.0 Å². The molecule has 20 heavy (non-hydrogen) atoms. The Bertz CT molecular complexity index is 508. The van der Waals surface area contributed by atoms with Crippen LogP contribution in [0.1, 0.15) is 32.5 Å². The lowest BCUT2D eigenvalue weighted by Gasteiger charge is -2.23. The van der Waals surface area contributed by atoms with E-state index >= 15 is 0 Å². The number of anilines is 1. The summed E-state index contributed by atoms with van der Waals surface area (Å²) in [6, 6.07) is 1.93. The summed E-state index contributed by atoms with van der Waals surface area (Å²) in [5.41, 5.74) is -0.336. The van der Waals surface area contributed by atoms with Crippen LogP contribution in [0.15, 0.2) is 10.7 Å². The first-order valence-corrected chi connectivity index (χ1v) is 7.78.